The highest BCUT2D eigenvalue weighted by molar-refractivity contribution is 6.63. The van der Waals surface area contributed by atoms with Crippen LogP contribution in [0, 0.1) is 17.1 Å². The van der Waals surface area contributed by atoms with Gasteiger partial charge in [-0.05, 0) is 39.8 Å². The van der Waals surface area contributed by atoms with E-state index >= 15 is 0 Å². The van der Waals surface area contributed by atoms with Crippen LogP contribution in [0.2, 0.25) is 5.02 Å². The van der Waals surface area contributed by atoms with Gasteiger partial charge in [-0.3, -0.25) is 0 Å². The van der Waals surface area contributed by atoms with Gasteiger partial charge >= 0.3 is 7.12 Å². The minimum Gasteiger partial charge on any atom is -0.399 e. The molecular formula is C13H14BClFNO2. The van der Waals surface area contributed by atoms with E-state index in [2.05, 4.69) is 0 Å². The van der Waals surface area contributed by atoms with Crippen LogP contribution in [-0.2, 0) is 9.31 Å². The molecule has 1 fully saturated rings. The molecule has 0 aliphatic carbocycles. The van der Waals surface area contributed by atoms with Gasteiger partial charge in [-0.15, -0.1) is 0 Å². The largest absolute Gasteiger partial charge is 0.496 e. The first-order valence-corrected chi connectivity index (χ1v) is 6.30. The monoisotopic (exact) mass is 281 g/mol. The molecule has 3 nitrogen and oxygen atoms in total. The van der Waals surface area contributed by atoms with E-state index in [0.717, 1.165) is 6.07 Å². The number of rotatable bonds is 1. The lowest BCUT2D eigenvalue weighted by molar-refractivity contribution is 0.00578. The highest BCUT2D eigenvalue weighted by Crippen LogP contribution is 2.37. The summed E-state index contributed by atoms with van der Waals surface area (Å²) in [4.78, 5) is 0. The average Bonchev–Trinajstić information content (AvgIpc) is 2.47. The molecule has 0 aromatic heterocycles. The molecule has 0 unspecified atom stereocenters. The summed E-state index contributed by atoms with van der Waals surface area (Å²) in [6, 6.07) is 4.44. The van der Waals surface area contributed by atoms with Crippen LogP contribution in [0.15, 0.2) is 12.1 Å². The Bertz CT molecular complexity index is 552. The lowest BCUT2D eigenvalue weighted by Gasteiger charge is -2.32. The summed E-state index contributed by atoms with van der Waals surface area (Å²) in [6.45, 7) is 7.56. The molecule has 0 spiro atoms. The molecule has 2 rings (SSSR count). The Morgan fingerprint density at radius 2 is 1.74 bits per heavy atom. The van der Waals surface area contributed by atoms with Crippen molar-refractivity contribution in [2.24, 2.45) is 0 Å². The van der Waals surface area contributed by atoms with Crippen LogP contribution in [0.5, 0.6) is 0 Å². The Hall–Kier alpha value is -1.09. The summed E-state index contributed by atoms with van der Waals surface area (Å²) in [5.74, 6) is -0.667. The van der Waals surface area contributed by atoms with Crippen molar-refractivity contribution in [3.8, 4) is 6.07 Å². The molecule has 0 bridgehead atoms. The molecule has 0 amide bonds. The fourth-order valence-electron chi connectivity index (χ4n) is 1.87. The number of hydrogen-bond acceptors (Lipinski definition) is 3. The van der Waals surface area contributed by atoms with Crippen molar-refractivity contribution in [1.82, 2.24) is 0 Å². The zero-order valence-electron chi connectivity index (χ0n) is 11.3. The van der Waals surface area contributed by atoms with Gasteiger partial charge in [-0.2, -0.15) is 5.26 Å². The second-order valence-electron chi connectivity index (χ2n) is 5.55. The molecular weight excluding hydrogens is 267 g/mol. The standard InChI is InChI=1S/C13H14BClFNO2/c1-12(2)13(3,4)19-14(18-12)10-5-8(15)6-11(16)9(10)7-17/h5-6H,1-4H3. The van der Waals surface area contributed by atoms with Crippen LogP contribution in [0.3, 0.4) is 0 Å². The first-order chi connectivity index (χ1) is 8.68. The zero-order valence-corrected chi connectivity index (χ0v) is 12.0. The molecule has 0 atom stereocenters. The predicted octanol–water partition coefficient (Wildman–Crippen LogP) is 2.65. The van der Waals surface area contributed by atoms with Gasteiger partial charge in [0.05, 0.1) is 16.8 Å². The highest BCUT2D eigenvalue weighted by atomic mass is 35.5. The van der Waals surface area contributed by atoms with E-state index in [-0.39, 0.29) is 10.6 Å². The average molecular weight is 282 g/mol. The first-order valence-electron chi connectivity index (χ1n) is 5.92. The molecule has 100 valence electrons. The lowest BCUT2D eigenvalue weighted by atomic mass is 9.76. The molecule has 0 saturated carbocycles. The van der Waals surface area contributed by atoms with E-state index in [1.165, 1.54) is 6.07 Å². The Balaban J connectivity index is 2.48. The quantitative estimate of drug-likeness (QED) is 0.743. The van der Waals surface area contributed by atoms with E-state index in [0.29, 0.717) is 5.46 Å². The molecule has 0 radical (unpaired) electrons. The minimum absolute atomic E-state index is 0.0945. The Kier molecular flexibility index (Phi) is 3.38. The second kappa shape index (κ2) is 4.48. The van der Waals surface area contributed by atoms with Gasteiger partial charge in [0.15, 0.2) is 0 Å². The maximum atomic E-state index is 13.7. The predicted molar refractivity (Wildman–Crippen MR) is 71.8 cm³/mol. The molecule has 6 heteroatoms. The van der Waals surface area contributed by atoms with Gasteiger partial charge in [-0.1, -0.05) is 11.6 Å². The highest BCUT2D eigenvalue weighted by Gasteiger charge is 2.52. The third-order valence-corrected chi connectivity index (χ3v) is 3.92. The number of nitriles is 1. The molecule has 0 N–H and O–H groups in total. The van der Waals surface area contributed by atoms with Gasteiger partial charge in [0, 0.05) is 10.5 Å². The van der Waals surface area contributed by atoms with Gasteiger partial charge < -0.3 is 9.31 Å². The summed E-state index contributed by atoms with van der Waals surface area (Å²) >= 11 is 5.84. The van der Waals surface area contributed by atoms with E-state index < -0.39 is 24.1 Å². The maximum Gasteiger partial charge on any atom is 0.496 e. The minimum atomic E-state index is -0.798. The summed E-state index contributed by atoms with van der Waals surface area (Å²) in [5.41, 5.74) is -0.874. The molecule has 19 heavy (non-hydrogen) atoms. The van der Waals surface area contributed by atoms with E-state index in [9.17, 15) is 4.39 Å². The third kappa shape index (κ3) is 2.36. The normalized spacial score (nSPS) is 20.4. The Labute approximate surface area is 117 Å². The lowest BCUT2D eigenvalue weighted by Crippen LogP contribution is -2.41. The van der Waals surface area contributed by atoms with E-state index in [1.54, 1.807) is 0 Å². The molecule has 1 aromatic rings. The van der Waals surface area contributed by atoms with Crippen molar-refractivity contribution in [2.45, 2.75) is 38.9 Å². The second-order valence-corrected chi connectivity index (χ2v) is 5.99. The van der Waals surface area contributed by atoms with Gasteiger partial charge in [0.2, 0.25) is 0 Å². The van der Waals surface area contributed by atoms with Crippen LogP contribution in [0.1, 0.15) is 33.3 Å². The Morgan fingerprint density at radius 1 is 1.21 bits per heavy atom. The summed E-state index contributed by atoms with van der Waals surface area (Å²) in [7, 11) is -0.798. The number of nitrogens with zero attached hydrogens (tertiary/aromatic N) is 1. The summed E-state index contributed by atoms with van der Waals surface area (Å²) in [6.07, 6.45) is 0. The maximum absolute atomic E-state index is 13.7. The molecule has 1 aromatic carbocycles. The molecule has 1 aliphatic heterocycles. The van der Waals surface area contributed by atoms with Crippen LogP contribution in [0.25, 0.3) is 0 Å². The SMILES string of the molecule is CC1(C)OB(c2cc(Cl)cc(F)c2C#N)OC1(C)C. The number of hydrogen-bond donors (Lipinski definition) is 0. The summed E-state index contributed by atoms with van der Waals surface area (Å²) < 4.78 is 25.3. The van der Waals surface area contributed by atoms with Crippen molar-refractivity contribution in [3.63, 3.8) is 0 Å². The van der Waals surface area contributed by atoms with Gasteiger partial charge in [0.1, 0.15) is 11.9 Å². The van der Waals surface area contributed by atoms with E-state index in [4.69, 9.17) is 26.2 Å². The van der Waals surface area contributed by atoms with Crippen LogP contribution in [-0.4, -0.2) is 18.3 Å². The first kappa shape index (κ1) is 14.3. The van der Waals surface area contributed by atoms with Crippen molar-refractivity contribution < 1.29 is 13.7 Å². The van der Waals surface area contributed by atoms with Crippen LogP contribution in [0.4, 0.5) is 4.39 Å². The van der Waals surface area contributed by atoms with Crippen molar-refractivity contribution in [3.05, 3.63) is 28.5 Å². The van der Waals surface area contributed by atoms with Crippen molar-refractivity contribution >= 4 is 24.2 Å². The molecule has 1 aliphatic rings. The fourth-order valence-corrected chi connectivity index (χ4v) is 2.08. The number of halogens is 2. The molecule has 1 heterocycles. The van der Waals surface area contributed by atoms with E-state index in [1.807, 2.05) is 33.8 Å². The fraction of sp³-hybridized carbons (Fsp3) is 0.462. The van der Waals surface area contributed by atoms with Crippen molar-refractivity contribution in [2.75, 3.05) is 0 Å². The van der Waals surface area contributed by atoms with Gasteiger partial charge in [0.25, 0.3) is 0 Å². The van der Waals surface area contributed by atoms with Crippen LogP contribution < -0.4 is 5.46 Å². The van der Waals surface area contributed by atoms with Gasteiger partial charge in [-0.25, -0.2) is 4.39 Å². The zero-order chi connectivity index (χ0) is 14.4. The van der Waals surface area contributed by atoms with Crippen LogP contribution >= 0.6 is 11.6 Å². The van der Waals surface area contributed by atoms with Crippen molar-refractivity contribution in [1.29, 1.82) is 5.26 Å². The Morgan fingerprint density at radius 3 is 2.21 bits per heavy atom. The number of benzene rings is 1. The molecule has 1 saturated heterocycles. The third-order valence-electron chi connectivity index (χ3n) is 3.70. The smallest absolute Gasteiger partial charge is 0.399 e. The topological polar surface area (TPSA) is 42.2 Å². The summed E-state index contributed by atoms with van der Waals surface area (Å²) in [5, 5.41) is 9.28.